The van der Waals surface area contributed by atoms with Crippen molar-refractivity contribution in [3.05, 3.63) is 29.8 Å². The number of nitrogens with one attached hydrogen (secondary N) is 1. The summed E-state index contributed by atoms with van der Waals surface area (Å²) in [4.78, 5) is 13.7. The first-order valence-corrected chi connectivity index (χ1v) is 6.41. The zero-order valence-corrected chi connectivity index (χ0v) is 11.0. The number of nitrogens with zero attached hydrogens (tertiary/aromatic N) is 1. The molecule has 1 aromatic rings. The summed E-state index contributed by atoms with van der Waals surface area (Å²) in [7, 11) is 1.81. The van der Waals surface area contributed by atoms with Gasteiger partial charge in [-0.25, -0.2) is 4.79 Å². The first-order valence-electron chi connectivity index (χ1n) is 6.41. The molecule has 1 fully saturated rings. The molecule has 1 heterocycles. The number of anilines is 1. The van der Waals surface area contributed by atoms with E-state index in [0.717, 1.165) is 25.1 Å². The van der Waals surface area contributed by atoms with Crippen LogP contribution in [0.3, 0.4) is 0 Å². The number of benzene rings is 1. The van der Waals surface area contributed by atoms with E-state index >= 15 is 0 Å². The maximum absolute atomic E-state index is 12.0. The number of hydrogen-bond acceptors (Lipinski definition) is 2. The van der Waals surface area contributed by atoms with E-state index in [1.54, 1.807) is 4.90 Å². The number of likely N-dealkylation sites (N-methyl/N-ethyl adjacent to an activating group) is 1. The number of hydrogen-bond donors (Lipinski definition) is 1. The lowest BCUT2D eigenvalue weighted by molar-refractivity contribution is 0.164. The highest BCUT2D eigenvalue weighted by atomic mass is 16.5. The topological polar surface area (TPSA) is 41.6 Å². The molecular weight excluding hydrogens is 228 g/mol. The Morgan fingerprint density at radius 3 is 2.72 bits per heavy atom. The molecular formula is C14H20N2O2. The number of ether oxygens (including phenoxy) is 1. The largest absolute Gasteiger partial charge is 0.379 e. The summed E-state index contributed by atoms with van der Waals surface area (Å²) in [5.41, 5.74) is 2.11. The van der Waals surface area contributed by atoms with Crippen LogP contribution >= 0.6 is 0 Å². The average Bonchev–Trinajstić information content (AvgIpc) is 2.92. The van der Waals surface area contributed by atoms with Crippen molar-refractivity contribution in [1.82, 2.24) is 4.90 Å². The lowest BCUT2D eigenvalue weighted by atomic mass is 10.1. The lowest BCUT2D eigenvalue weighted by Gasteiger charge is -2.23. The van der Waals surface area contributed by atoms with Gasteiger partial charge in [-0.2, -0.15) is 0 Å². The molecule has 0 spiro atoms. The van der Waals surface area contributed by atoms with Crippen molar-refractivity contribution in [2.24, 2.45) is 0 Å². The van der Waals surface area contributed by atoms with Crippen LogP contribution in [-0.2, 0) is 11.2 Å². The van der Waals surface area contributed by atoms with Gasteiger partial charge in [-0.05, 0) is 30.5 Å². The van der Waals surface area contributed by atoms with E-state index in [0.29, 0.717) is 6.61 Å². The molecule has 1 aliphatic heterocycles. The van der Waals surface area contributed by atoms with Crippen molar-refractivity contribution >= 4 is 11.7 Å². The minimum atomic E-state index is -0.0743. The van der Waals surface area contributed by atoms with Gasteiger partial charge < -0.3 is 15.0 Å². The van der Waals surface area contributed by atoms with Gasteiger partial charge in [-0.15, -0.1) is 0 Å². The van der Waals surface area contributed by atoms with E-state index in [9.17, 15) is 4.79 Å². The predicted molar refractivity (Wildman–Crippen MR) is 71.8 cm³/mol. The molecule has 0 saturated carbocycles. The third-order valence-corrected chi connectivity index (χ3v) is 3.39. The monoisotopic (exact) mass is 248 g/mol. The van der Waals surface area contributed by atoms with Crippen LogP contribution in [0.4, 0.5) is 10.5 Å². The second-order valence-electron chi connectivity index (χ2n) is 4.61. The molecule has 98 valence electrons. The van der Waals surface area contributed by atoms with Crippen LogP contribution in [0.25, 0.3) is 0 Å². The summed E-state index contributed by atoms with van der Waals surface area (Å²) in [6, 6.07) is 8.07. The minimum Gasteiger partial charge on any atom is -0.379 e. The zero-order chi connectivity index (χ0) is 13.0. The molecule has 0 bridgehead atoms. The van der Waals surface area contributed by atoms with Gasteiger partial charge in [0.1, 0.15) is 0 Å². The minimum absolute atomic E-state index is 0.0743. The van der Waals surface area contributed by atoms with Crippen molar-refractivity contribution in [1.29, 1.82) is 0 Å². The molecule has 2 rings (SSSR count). The van der Waals surface area contributed by atoms with Gasteiger partial charge >= 0.3 is 6.03 Å². The van der Waals surface area contributed by atoms with Gasteiger partial charge in [-0.1, -0.05) is 19.1 Å². The SMILES string of the molecule is CCc1ccc(NC(=O)N(C)C2CCOC2)cc1. The molecule has 0 radical (unpaired) electrons. The third-order valence-electron chi connectivity index (χ3n) is 3.39. The van der Waals surface area contributed by atoms with Crippen molar-refractivity contribution in [2.75, 3.05) is 25.6 Å². The molecule has 1 saturated heterocycles. The van der Waals surface area contributed by atoms with Crippen molar-refractivity contribution < 1.29 is 9.53 Å². The Bertz CT molecular complexity index is 397. The fourth-order valence-corrected chi connectivity index (χ4v) is 2.03. The number of amides is 2. The van der Waals surface area contributed by atoms with Crippen LogP contribution in [0.15, 0.2) is 24.3 Å². The summed E-state index contributed by atoms with van der Waals surface area (Å²) in [5.74, 6) is 0. The Morgan fingerprint density at radius 2 is 2.17 bits per heavy atom. The zero-order valence-electron chi connectivity index (χ0n) is 11.0. The van der Waals surface area contributed by atoms with Gasteiger partial charge in [0.05, 0.1) is 12.6 Å². The predicted octanol–water partition coefficient (Wildman–Crippen LogP) is 2.50. The van der Waals surface area contributed by atoms with E-state index in [1.165, 1.54) is 5.56 Å². The van der Waals surface area contributed by atoms with Gasteiger partial charge in [0.25, 0.3) is 0 Å². The number of urea groups is 1. The highest BCUT2D eigenvalue weighted by Crippen LogP contribution is 2.14. The summed E-state index contributed by atoms with van der Waals surface area (Å²) >= 11 is 0. The van der Waals surface area contributed by atoms with Gasteiger partial charge in [0.2, 0.25) is 0 Å². The summed E-state index contributed by atoms with van der Waals surface area (Å²) in [6.07, 6.45) is 1.92. The van der Waals surface area contributed by atoms with Gasteiger partial charge in [-0.3, -0.25) is 0 Å². The number of carbonyl (C=O) groups excluding carboxylic acids is 1. The highest BCUT2D eigenvalue weighted by Gasteiger charge is 2.23. The molecule has 4 heteroatoms. The van der Waals surface area contributed by atoms with Crippen LogP contribution in [0.5, 0.6) is 0 Å². The molecule has 0 aromatic heterocycles. The van der Waals surface area contributed by atoms with E-state index in [-0.39, 0.29) is 12.1 Å². The van der Waals surface area contributed by atoms with Crippen molar-refractivity contribution in [2.45, 2.75) is 25.8 Å². The maximum Gasteiger partial charge on any atom is 0.321 e. The third kappa shape index (κ3) is 3.01. The maximum atomic E-state index is 12.0. The Labute approximate surface area is 108 Å². The first kappa shape index (κ1) is 12.9. The van der Waals surface area contributed by atoms with Crippen LogP contribution in [-0.4, -0.2) is 37.2 Å². The Morgan fingerprint density at radius 1 is 1.44 bits per heavy atom. The number of aryl methyl sites for hydroxylation is 1. The Balaban J connectivity index is 1.93. The molecule has 1 aliphatic rings. The average molecular weight is 248 g/mol. The second-order valence-corrected chi connectivity index (χ2v) is 4.61. The van der Waals surface area contributed by atoms with E-state index < -0.39 is 0 Å². The van der Waals surface area contributed by atoms with Crippen LogP contribution in [0.1, 0.15) is 18.9 Å². The summed E-state index contributed by atoms with van der Waals surface area (Å²) in [6.45, 7) is 3.49. The molecule has 4 nitrogen and oxygen atoms in total. The van der Waals surface area contributed by atoms with E-state index in [4.69, 9.17) is 4.74 Å². The summed E-state index contributed by atoms with van der Waals surface area (Å²) in [5, 5.41) is 2.90. The highest BCUT2D eigenvalue weighted by molar-refractivity contribution is 5.89. The number of rotatable bonds is 3. The van der Waals surface area contributed by atoms with Crippen LogP contribution < -0.4 is 5.32 Å². The lowest BCUT2D eigenvalue weighted by Crippen LogP contribution is -2.40. The van der Waals surface area contributed by atoms with Crippen LogP contribution in [0.2, 0.25) is 0 Å². The van der Waals surface area contributed by atoms with Gasteiger partial charge in [0.15, 0.2) is 0 Å². The fraction of sp³-hybridized carbons (Fsp3) is 0.500. The number of carbonyl (C=O) groups is 1. The Hall–Kier alpha value is -1.55. The van der Waals surface area contributed by atoms with Gasteiger partial charge in [0, 0.05) is 19.3 Å². The Kier molecular flexibility index (Phi) is 4.20. The molecule has 1 atom stereocenters. The van der Waals surface area contributed by atoms with Crippen molar-refractivity contribution in [3.8, 4) is 0 Å². The van der Waals surface area contributed by atoms with E-state index in [1.807, 2.05) is 31.3 Å². The molecule has 2 amide bonds. The smallest absolute Gasteiger partial charge is 0.321 e. The first-order chi connectivity index (χ1) is 8.70. The molecule has 1 N–H and O–H groups in total. The molecule has 18 heavy (non-hydrogen) atoms. The second kappa shape index (κ2) is 5.87. The van der Waals surface area contributed by atoms with E-state index in [2.05, 4.69) is 12.2 Å². The molecule has 0 aliphatic carbocycles. The van der Waals surface area contributed by atoms with Crippen molar-refractivity contribution in [3.63, 3.8) is 0 Å². The van der Waals surface area contributed by atoms with Crippen LogP contribution in [0, 0.1) is 0 Å². The molecule has 1 aromatic carbocycles. The fourth-order valence-electron chi connectivity index (χ4n) is 2.03. The molecule has 1 unspecified atom stereocenters. The quantitative estimate of drug-likeness (QED) is 0.893. The standard InChI is InChI=1S/C14H20N2O2/c1-3-11-4-6-12(7-5-11)15-14(17)16(2)13-8-9-18-10-13/h4-7,13H,3,8-10H2,1-2H3,(H,15,17). The normalized spacial score (nSPS) is 18.7. The summed E-state index contributed by atoms with van der Waals surface area (Å²) < 4.78 is 5.29.